The molecule has 0 spiro atoms. The van der Waals surface area contributed by atoms with Gasteiger partial charge in [0.05, 0.1) is 5.56 Å². The van der Waals surface area contributed by atoms with Crippen LogP contribution in [0.2, 0.25) is 0 Å². The van der Waals surface area contributed by atoms with Crippen molar-refractivity contribution in [2.24, 2.45) is 0 Å². The van der Waals surface area contributed by atoms with Crippen LogP contribution in [0.25, 0.3) is 10.8 Å². The van der Waals surface area contributed by atoms with Gasteiger partial charge in [0.25, 0.3) is 5.91 Å². The Hall–Kier alpha value is -2.10. The Balaban J connectivity index is 2.50. The number of benzene rings is 1. The third-order valence-corrected chi connectivity index (χ3v) is 3.53. The van der Waals surface area contributed by atoms with Crippen LogP contribution in [-0.4, -0.2) is 35.4 Å². The van der Waals surface area contributed by atoms with Gasteiger partial charge in [0.1, 0.15) is 5.82 Å². The molecule has 4 heteroatoms. The molecule has 0 unspecified atom stereocenters. The SMILES string of the molecule is CCCN(CC)C(=O)c1cnc(NCC)c2ccccc12. The summed E-state index contributed by atoms with van der Waals surface area (Å²) in [6.07, 6.45) is 2.65. The lowest BCUT2D eigenvalue weighted by Gasteiger charge is -2.21. The molecule has 0 aliphatic heterocycles. The van der Waals surface area contributed by atoms with Gasteiger partial charge < -0.3 is 10.2 Å². The number of carbonyl (C=O) groups excluding carboxylic acids is 1. The van der Waals surface area contributed by atoms with Crippen LogP contribution in [0, 0.1) is 0 Å². The fraction of sp³-hybridized carbons (Fsp3) is 0.412. The molecule has 0 saturated carbocycles. The average Bonchev–Trinajstić information content (AvgIpc) is 2.52. The monoisotopic (exact) mass is 285 g/mol. The molecule has 0 saturated heterocycles. The van der Waals surface area contributed by atoms with E-state index >= 15 is 0 Å². The number of rotatable bonds is 6. The van der Waals surface area contributed by atoms with Crippen LogP contribution in [-0.2, 0) is 0 Å². The number of fused-ring (bicyclic) bond motifs is 1. The molecule has 1 aromatic carbocycles. The lowest BCUT2D eigenvalue weighted by atomic mass is 10.1. The molecular formula is C17H23N3O. The van der Waals surface area contributed by atoms with E-state index in [2.05, 4.69) is 17.2 Å². The van der Waals surface area contributed by atoms with Crippen LogP contribution in [0.4, 0.5) is 5.82 Å². The van der Waals surface area contributed by atoms with Crippen molar-refractivity contribution < 1.29 is 4.79 Å². The summed E-state index contributed by atoms with van der Waals surface area (Å²) in [5, 5.41) is 5.21. The Morgan fingerprint density at radius 1 is 1.19 bits per heavy atom. The maximum Gasteiger partial charge on any atom is 0.256 e. The van der Waals surface area contributed by atoms with Crippen LogP contribution in [0.15, 0.2) is 30.5 Å². The minimum Gasteiger partial charge on any atom is -0.370 e. The van der Waals surface area contributed by atoms with Crippen LogP contribution in [0.3, 0.4) is 0 Å². The molecule has 21 heavy (non-hydrogen) atoms. The molecule has 0 bridgehead atoms. The molecule has 0 radical (unpaired) electrons. The van der Waals surface area contributed by atoms with Crippen molar-refractivity contribution in [3.8, 4) is 0 Å². The normalized spacial score (nSPS) is 10.6. The zero-order valence-electron chi connectivity index (χ0n) is 13.0. The molecule has 0 aliphatic rings. The van der Waals surface area contributed by atoms with Crippen molar-refractivity contribution >= 4 is 22.5 Å². The van der Waals surface area contributed by atoms with Crippen LogP contribution in [0.1, 0.15) is 37.6 Å². The topological polar surface area (TPSA) is 45.2 Å². The predicted molar refractivity (Wildman–Crippen MR) is 87.8 cm³/mol. The third-order valence-electron chi connectivity index (χ3n) is 3.53. The molecule has 112 valence electrons. The second kappa shape index (κ2) is 7.07. The van der Waals surface area contributed by atoms with E-state index in [0.29, 0.717) is 5.56 Å². The van der Waals surface area contributed by atoms with E-state index in [4.69, 9.17) is 0 Å². The average molecular weight is 285 g/mol. The second-order valence-electron chi connectivity index (χ2n) is 4.98. The molecule has 2 rings (SSSR count). The first-order chi connectivity index (χ1) is 10.2. The fourth-order valence-electron chi connectivity index (χ4n) is 2.51. The number of hydrogen-bond donors (Lipinski definition) is 1. The number of carbonyl (C=O) groups is 1. The summed E-state index contributed by atoms with van der Waals surface area (Å²) in [4.78, 5) is 19.0. The summed E-state index contributed by atoms with van der Waals surface area (Å²) < 4.78 is 0. The lowest BCUT2D eigenvalue weighted by Crippen LogP contribution is -2.31. The second-order valence-corrected chi connectivity index (χ2v) is 4.98. The standard InChI is InChI=1S/C17H23N3O/c1-4-11-20(6-3)17(21)15-12-19-16(18-5-2)14-10-8-7-9-13(14)15/h7-10,12H,4-6,11H2,1-3H3,(H,18,19). The Morgan fingerprint density at radius 3 is 2.52 bits per heavy atom. The number of anilines is 1. The first kappa shape index (κ1) is 15.3. The first-order valence-corrected chi connectivity index (χ1v) is 7.63. The van der Waals surface area contributed by atoms with Gasteiger partial charge >= 0.3 is 0 Å². The van der Waals surface area contributed by atoms with E-state index in [9.17, 15) is 4.79 Å². The molecule has 2 aromatic rings. The Morgan fingerprint density at radius 2 is 1.90 bits per heavy atom. The van der Waals surface area contributed by atoms with E-state index in [-0.39, 0.29) is 5.91 Å². The highest BCUT2D eigenvalue weighted by atomic mass is 16.2. The maximum atomic E-state index is 12.7. The third kappa shape index (κ3) is 3.15. The van der Waals surface area contributed by atoms with E-state index in [1.165, 1.54) is 0 Å². The van der Waals surface area contributed by atoms with Crippen LogP contribution >= 0.6 is 0 Å². The van der Waals surface area contributed by atoms with Crippen LogP contribution in [0.5, 0.6) is 0 Å². The lowest BCUT2D eigenvalue weighted by molar-refractivity contribution is 0.0766. The number of aromatic nitrogens is 1. The molecule has 1 aromatic heterocycles. The van der Waals surface area contributed by atoms with Gasteiger partial charge in [0.2, 0.25) is 0 Å². The molecule has 0 atom stereocenters. The van der Waals surface area contributed by atoms with Gasteiger partial charge in [-0.3, -0.25) is 4.79 Å². The number of hydrogen-bond acceptors (Lipinski definition) is 3. The summed E-state index contributed by atoms with van der Waals surface area (Å²) in [5.74, 6) is 0.897. The molecule has 4 nitrogen and oxygen atoms in total. The van der Waals surface area contributed by atoms with Crippen molar-refractivity contribution in [1.29, 1.82) is 0 Å². The number of nitrogens with one attached hydrogen (secondary N) is 1. The largest absolute Gasteiger partial charge is 0.370 e. The molecule has 1 heterocycles. The number of amides is 1. The highest BCUT2D eigenvalue weighted by Gasteiger charge is 2.17. The van der Waals surface area contributed by atoms with Crippen molar-refractivity contribution in [2.75, 3.05) is 25.0 Å². The van der Waals surface area contributed by atoms with E-state index in [1.807, 2.05) is 43.0 Å². The molecule has 0 aliphatic carbocycles. The van der Waals surface area contributed by atoms with Gasteiger partial charge in [-0.1, -0.05) is 31.2 Å². The van der Waals surface area contributed by atoms with Gasteiger partial charge in [0.15, 0.2) is 0 Å². The van der Waals surface area contributed by atoms with Crippen molar-refractivity contribution in [3.63, 3.8) is 0 Å². The summed E-state index contributed by atoms with van der Waals surface area (Å²) >= 11 is 0. The summed E-state index contributed by atoms with van der Waals surface area (Å²) in [7, 11) is 0. The number of pyridine rings is 1. The summed E-state index contributed by atoms with van der Waals surface area (Å²) in [6.45, 7) is 8.43. The van der Waals surface area contributed by atoms with Gasteiger partial charge in [-0.25, -0.2) is 4.98 Å². The van der Waals surface area contributed by atoms with Gasteiger partial charge in [-0.15, -0.1) is 0 Å². The summed E-state index contributed by atoms with van der Waals surface area (Å²) in [5.41, 5.74) is 0.683. The maximum absolute atomic E-state index is 12.7. The van der Waals surface area contributed by atoms with E-state index in [1.54, 1.807) is 6.20 Å². The first-order valence-electron chi connectivity index (χ1n) is 7.63. The highest BCUT2D eigenvalue weighted by molar-refractivity contribution is 6.09. The van der Waals surface area contributed by atoms with Gasteiger partial charge in [-0.2, -0.15) is 0 Å². The number of nitrogens with zero attached hydrogens (tertiary/aromatic N) is 2. The summed E-state index contributed by atoms with van der Waals surface area (Å²) in [6, 6.07) is 7.94. The van der Waals surface area contributed by atoms with Crippen molar-refractivity contribution in [1.82, 2.24) is 9.88 Å². The zero-order valence-corrected chi connectivity index (χ0v) is 13.0. The van der Waals surface area contributed by atoms with Crippen molar-refractivity contribution in [3.05, 3.63) is 36.0 Å². The van der Waals surface area contributed by atoms with Gasteiger partial charge in [0, 0.05) is 31.2 Å². The van der Waals surface area contributed by atoms with E-state index < -0.39 is 0 Å². The van der Waals surface area contributed by atoms with Crippen LogP contribution < -0.4 is 5.32 Å². The van der Waals surface area contributed by atoms with Gasteiger partial charge in [-0.05, 0) is 25.7 Å². The predicted octanol–water partition coefficient (Wildman–Crippen LogP) is 3.54. The zero-order chi connectivity index (χ0) is 15.2. The minimum absolute atomic E-state index is 0.0612. The molecule has 1 amide bonds. The Kier molecular flexibility index (Phi) is 5.14. The fourth-order valence-corrected chi connectivity index (χ4v) is 2.51. The Labute approximate surface area is 126 Å². The minimum atomic E-state index is 0.0612. The quantitative estimate of drug-likeness (QED) is 0.883. The van der Waals surface area contributed by atoms with E-state index in [0.717, 1.165) is 42.6 Å². The molecule has 1 N–H and O–H groups in total. The molecular weight excluding hydrogens is 262 g/mol. The highest BCUT2D eigenvalue weighted by Crippen LogP contribution is 2.25. The molecule has 0 fully saturated rings. The smallest absolute Gasteiger partial charge is 0.256 e. The Bertz CT molecular complexity index is 624. The van der Waals surface area contributed by atoms with Crippen molar-refractivity contribution in [2.45, 2.75) is 27.2 Å².